The van der Waals surface area contributed by atoms with E-state index in [-0.39, 0.29) is 55.3 Å². The highest BCUT2D eigenvalue weighted by molar-refractivity contribution is 7.91. The molecule has 0 bridgehead atoms. The molecule has 7 unspecified atom stereocenters. The van der Waals surface area contributed by atoms with Crippen LogP contribution in [-0.4, -0.2) is 91.2 Å². The first-order valence-electron chi connectivity index (χ1n) is 21.6. The van der Waals surface area contributed by atoms with E-state index >= 15 is 0 Å². The van der Waals surface area contributed by atoms with Crippen molar-refractivity contribution in [3.63, 3.8) is 0 Å². The predicted octanol–water partition coefficient (Wildman–Crippen LogP) is 5.98. The number of rotatable bonds is 11. The number of fused-ring (bicyclic) bond motifs is 5. The number of halogens is 4. The molecule has 0 spiro atoms. The lowest BCUT2D eigenvalue weighted by Gasteiger charge is -2.48. The highest BCUT2D eigenvalue weighted by atomic mass is 32.2. The van der Waals surface area contributed by atoms with Crippen LogP contribution in [0.2, 0.25) is 0 Å². The van der Waals surface area contributed by atoms with Gasteiger partial charge in [0.05, 0.1) is 29.1 Å². The number of carbonyl (C=O) groups excluding carboxylic acids is 3. The number of nitrogens with zero attached hydrogens (tertiary/aromatic N) is 2. The maximum Gasteiger partial charge on any atom is 0.437 e. The fraction of sp³-hybridized carbons (Fsp3) is 0.674. The van der Waals surface area contributed by atoms with E-state index in [0.29, 0.717) is 55.7 Å². The van der Waals surface area contributed by atoms with E-state index in [1.54, 1.807) is 6.92 Å². The molecule has 334 valence electrons. The van der Waals surface area contributed by atoms with Gasteiger partial charge in [0.1, 0.15) is 23.4 Å². The van der Waals surface area contributed by atoms with Crippen LogP contribution in [0.4, 0.5) is 17.6 Å². The molecule has 3 heterocycles. The average Bonchev–Trinajstić information content (AvgIpc) is 4.12. The van der Waals surface area contributed by atoms with Crippen LogP contribution in [0.15, 0.2) is 30.4 Å². The number of aromatic nitrogens is 1. The van der Waals surface area contributed by atoms with Crippen molar-refractivity contribution in [3.05, 3.63) is 41.6 Å². The molecule has 18 heteroatoms. The smallest absolute Gasteiger partial charge is 0.437 e. The maximum absolute atomic E-state index is 14.8. The normalized spacial score (nSPS) is 31.3. The van der Waals surface area contributed by atoms with E-state index in [1.807, 2.05) is 12.2 Å². The van der Waals surface area contributed by atoms with Crippen LogP contribution in [0.5, 0.6) is 11.5 Å². The summed E-state index contributed by atoms with van der Waals surface area (Å²) in [6.45, 7) is 0.529. The Morgan fingerprint density at radius 1 is 1.07 bits per heavy atom. The summed E-state index contributed by atoms with van der Waals surface area (Å²) in [6, 6.07) is 1.93. The molecule has 8 rings (SSSR count). The number of pyridine rings is 1. The fourth-order valence-corrected chi connectivity index (χ4v) is 11.0. The summed E-state index contributed by atoms with van der Waals surface area (Å²) < 4.78 is 102. The molecular formula is C43H55F4N5O8S. The number of hydrogen-bond donors (Lipinski definition) is 3. The number of alkyl halides is 4. The van der Waals surface area contributed by atoms with Crippen molar-refractivity contribution in [1.29, 1.82) is 0 Å². The number of sulfonamides is 1. The molecule has 4 aliphatic carbocycles. The molecule has 1 aromatic heterocycles. The Hall–Kier alpha value is -4.03. The standard InChI is InChI=1S/C43H55F4N5O8S/c1-41(16-17-41)61(56,57)51-40(55)42-15-14-27(42)8-6-4-3-5-7-9-34(48-24-59-30-19-25-18-26(25)20-30)39(54)52(2)35(38(53)50-42)22-29-10-12-31-32-21-28(58-23-44)11-13-33(32)49-37(36(31)60-29)43(45,46)47/h6,8,11,13,21,25-27,29-30,34-35,48H,3-5,7,9-10,12,14-20,22-24H2,1-2H3,(H,50,53)(H,51,55). The number of benzene rings is 1. The SMILES string of the molecule is CN1C(=O)C(NCOC2CC3CC3C2)CCCCCC=CC2CCC2(C(=O)NS(=O)(=O)C2(C)CC2)NC(=O)C1CC1CCc2c(c(C(F)(F)F)nc3ccc(OCF)cc23)O1. The van der Waals surface area contributed by atoms with E-state index in [9.17, 15) is 40.4 Å². The van der Waals surface area contributed by atoms with Crippen molar-refractivity contribution in [2.45, 2.75) is 144 Å². The van der Waals surface area contributed by atoms with Crippen LogP contribution in [0, 0.1) is 17.8 Å². The van der Waals surface area contributed by atoms with Crippen molar-refractivity contribution < 1.29 is 54.6 Å². The van der Waals surface area contributed by atoms with Gasteiger partial charge in [0.25, 0.3) is 5.91 Å². The van der Waals surface area contributed by atoms with Crippen molar-refractivity contribution in [3.8, 4) is 11.5 Å². The lowest BCUT2D eigenvalue weighted by atomic mass is 9.65. The van der Waals surface area contributed by atoms with Crippen LogP contribution in [0.3, 0.4) is 0 Å². The third-order valence-electron chi connectivity index (χ3n) is 14.1. The summed E-state index contributed by atoms with van der Waals surface area (Å²) >= 11 is 0. The van der Waals surface area contributed by atoms with E-state index in [2.05, 4.69) is 20.3 Å². The first-order valence-corrected chi connectivity index (χ1v) is 23.1. The first kappa shape index (κ1) is 43.6. The van der Waals surface area contributed by atoms with E-state index in [0.717, 1.165) is 25.7 Å². The number of allylic oxidation sites excluding steroid dienone is 1. The zero-order chi connectivity index (χ0) is 43.3. The molecule has 7 atom stereocenters. The molecule has 2 aromatic rings. The number of ether oxygens (including phenoxy) is 3. The Morgan fingerprint density at radius 3 is 2.52 bits per heavy atom. The topological polar surface area (TPSA) is 165 Å². The fourth-order valence-electron chi connectivity index (χ4n) is 9.66. The highest BCUT2D eigenvalue weighted by Crippen LogP contribution is 2.52. The Morgan fingerprint density at radius 2 is 1.84 bits per heavy atom. The van der Waals surface area contributed by atoms with Crippen molar-refractivity contribution in [2.75, 3.05) is 20.6 Å². The summed E-state index contributed by atoms with van der Waals surface area (Å²) in [5.74, 6) is -1.68. The molecule has 0 saturated heterocycles. The predicted molar refractivity (Wildman–Crippen MR) is 215 cm³/mol. The number of carbonyl (C=O) groups is 3. The Balaban J connectivity index is 1.11. The lowest BCUT2D eigenvalue weighted by Crippen LogP contribution is -2.70. The average molecular weight is 878 g/mol. The quantitative estimate of drug-likeness (QED) is 0.139. The van der Waals surface area contributed by atoms with Crippen LogP contribution >= 0.6 is 0 Å². The number of amides is 3. The van der Waals surface area contributed by atoms with E-state index < -0.39 is 86.6 Å². The third kappa shape index (κ3) is 8.95. The molecule has 0 radical (unpaired) electrons. The Kier molecular flexibility index (Phi) is 12.1. The minimum Gasteiger partial charge on any atom is -0.488 e. The monoisotopic (exact) mass is 877 g/mol. The van der Waals surface area contributed by atoms with Gasteiger partial charge in [-0.25, -0.2) is 17.8 Å². The number of likely N-dealkylation sites (N-methyl/N-ethyl adjacent to an activating group) is 1. The Bertz CT molecular complexity index is 2160. The minimum absolute atomic E-state index is 0.0171. The maximum atomic E-state index is 14.8. The van der Waals surface area contributed by atoms with Gasteiger partial charge in [-0.2, -0.15) is 13.2 Å². The summed E-state index contributed by atoms with van der Waals surface area (Å²) in [5, 5.41) is 6.45. The highest BCUT2D eigenvalue weighted by Gasteiger charge is 2.58. The van der Waals surface area contributed by atoms with Crippen LogP contribution in [0.25, 0.3) is 10.9 Å². The van der Waals surface area contributed by atoms with Gasteiger partial charge in [-0.05, 0) is 114 Å². The van der Waals surface area contributed by atoms with Crippen molar-refractivity contribution in [2.24, 2.45) is 17.8 Å². The molecule has 3 N–H and O–H groups in total. The largest absolute Gasteiger partial charge is 0.488 e. The molecule has 61 heavy (non-hydrogen) atoms. The second-order valence-corrected chi connectivity index (χ2v) is 20.3. The van der Waals surface area contributed by atoms with Gasteiger partial charge in [0.15, 0.2) is 11.4 Å². The molecule has 13 nitrogen and oxygen atoms in total. The number of hydrogen-bond acceptors (Lipinski definition) is 10. The summed E-state index contributed by atoms with van der Waals surface area (Å²) in [5.41, 5.74) is -2.72. The van der Waals surface area contributed by atoms with Gasteiger partial charge in [0.2, 0.25) is 28.7 Å². The summed E-state index contributed by atoms with van der Waals surface area (Å²) in [7, 11) is -2.64. The van der Waals surface area contributed by atoms with E-state index in [4.69, 9.17) is 14.2 Å². The molecular weight excluding hydrogens is 823 g/mol. The first-order chi connectivity index (χ1) is 29.0. The molecule has 4 fully saturated rings. The molecule has 2 aliphatic heterocycles. The Labute approximate surface area is 353 Å². The second kappa shape index (κ2) is 16.9. The molecule has 6 aliphatic rings. The van der Waals surface area contributed by atoms with Gasteiger partial charge in [-0.1, -0.05) is 25.0 Å². The zero-order valence-corrected chi connectivity index (χ0v) is 35.3. The lowest BCUT2D eigenvalue weighted by molar-refractivity contribution is -0.147. The molecule has 1 aromatic carbocycles. The zero-order valence-electron chi connectivity index (χ0n) is 34.5. The second-order valence-electron chi connectivity index (χ2n) is 18.2. The third-order valence-corrected chi connectivity index (χ3v) is 16.2. The van der Waals surface area contributed by atoms with Gasteiger partial charge < -0.3 is 24.4 Å². The van der Waals surface area contributed by atoms with Gasteiger partial charge >= 0.3 is 6.18 Å². The summed E-state index contributed by atoms with van der Waals surface area (Å²) in [4.78, 5) is 48.8. The van der Waals surface area contributed by atoms with Gasteiger partial charge in [0, 0.05) is 30.3 Å². The number of nitrogens with one attached hydrogen (secondary N) is 3. The number of aryl methyl sites for hydroxylation is 1. The van der Waals surface area contributed by atoms with E-state index in [1.165, 1.54) is 36.6 Å². The van der Waals surface area contributed by atoms with Gasteiger partial charge in [-0.15, -0.1) is 0 Å². The molecule has 3 amide bonds. The van der Waals surface area contributed by atoms with Gasteiger partial charge in [-0.3, -0.25) is 24.4 Å². The van der Waals surface area contributed by atoms with Crippen LogP contribution in [-0.2, 0) is 41.7 Å². The van der Waals surface area contributed by atoms with Crippen LogP contribution < -0.4 is 24.8 Å². The summed E-state index contributed by atoms with van der Waals surface area (Å²) in [6.07, 6.45) is 5.80. The van der Waals surface area contributed by atoms with Crippen LogP contribution in [0.1, 0.15) is 108 Å². The minimum atomic E-state index is -4.92. The van der Waals surface area contributed by atoms with Crippen molar-refractivity contribution >= 4 is 38.6 Å². The molecule has 4 saturated carbocycles. The van der Waals surface area contributed by atoms with Crippen molar-refractivity contribution in [1.82, 2.24) is 25.2 Å².